The third kappa shape index (κ3) is 6.08. The number of primary amides is 1. The van der Waals surface area contributed by atoms with Gasteiger partial charge in [0.2, 0.25) is 5.91 Å². The van der Waals surface area contributed by atoms with Crippen molar-refractivity contribution in [3.8, 4) is 6.07 Å². The smallest absolute Gasteiger partial charge is 0.253 e. The van der Waals surface area contributed by atoms with Crippen molar-refractivity contribution in [3.05, 3.63) is 53.7 Å². The van der Waals surface area contributed by atoms with E-state index in [0.717, 1.165) is 35.7 Å². The highest BCUT2D eigenvalue weighted by atomic mass is 19.1. The van der Waals surface area contributed by atoms with E-state index in [-0.39, 0.29) is 30.4 Å². The molecule has 2 amide bonds. The average molecular weight is 467 g/mol. The van der Waals surface area contributed by atoms with Gasteiger partial charge in [0, 0.05) is 31.8 Å². The molecule has 1 aromatic carbocycles. The molecule has 5 N–H and O–H groups in total. The second-order valence-corrected chi connectivity index (χ2v) is 9.13. The van der Waals surface area contributed by atoms with Gasteiger partial charge < -0.3 is 16.4 Å². The SMILES string of the molecule is C=C(C)c1ccc(CN2CCC(CC#N)(N/C=C(\C(=N)NC(=O)C3CC3)C(N)=O)C(F)C2)cc1. The summed E-state index contributed by atoms with van der Waals surface area (Å²) in [4.78, 5) is 25.8. The Balaban J connectivity index is 1.68. The maximum atomic E-state index is 15.5. The lowest BCUT2D eigenvalue weighted by Crippen LogP contribution is -2.60. The van der Waals surface area contributed by atoms with E-state index in [0.29, 0.717) is 19.5 Å². The standard InChI is InChI=1S/C25H31FN6O2/c1-16(2)18-5-3-17(4-6-18)14-32-12-10-25(9-11-27,21(26)15-32)30-13-20(23(29)33)22(28)31-24(34)19-7-8-19/h3-6,13,19,21,30H,1,7-10,12,14-15H2,2H3,(H2,29,33)(H2,28,31,34)/b20-13+. The van der Waals surface area contributed by atoms with Crippen molar-refractivity contribution < 1.29 is 14.0 Å². The van der Waals surface area contributed by atoms with E-state index in [2.05, 4.69) is 17.2 Å². The van der Waals surface area contributed by atoms with Crippen molar-refractivity contribution in [2.24, 2.45) is 11.7 Å². The second-order valence-electron chi connectivity index (χ2n) is 9.13. The third-order valence-corrected chi connectivity index (χ3v) is 6.37. The summed E-state index contributed by atoms with van der Waals surface area (Å²) in [5.41, 5.74) is 6.99. The zero-order valence-electron chi connectivity index (χ0n) is 19.4. The summed E-state index contributed by atoms with van der Waals surface area (Å²) in [6, 6.07) is 10.0. The number of hydrogen-bond acceptors (Lipinski definition) is 6. The molecule has 1 saturated heterocycles. The number of carbonyl (C=O) groups excluding carboxylic acids is 2. The highest BCUT2D eigenvalue weighted by Crippen LogP contribution is 2.30. The summed E-state index contributed by atoms with van der Waals surface area (Å²) in [7, 11) is 0. The predicted molar refractivity (Wildman–Crippen MR) is 128 cm³/mol. The van der Waals surface area contributed by atoms with Gasteiger partial charge in [0.05, 0.1) is 23.6 Å². The molecular weight excluding hydrogens is 435 g/mol. The molecule has 34 heavy (non-hydrogen) atoms. The molecule has 9 heteroatoms. The van der Waals surface area contributed by atoms with Gasteiger partial charge in [-0.05, 0) is 37.3 Å². The van der Waals surface area contributed by atoms with E-state index in [4.69, 9.17) is 11.1 Å². The number of nitrogens with one attached hydrogen (secondary N) is 3. The molecule has 2 fully saturated rings. The number of alkyl halides is 1. The van der Waals surface area contributed by atoms with E-state index in [1.54, 1.807) is 0 Å². The van der Waals surface area contributed by atoms with E-state index >= 15 is 4.39 Å². The zero-order valence-corrected chi connectivity index (χ0v) is 19.4. The Morgan fingerprint density at radius 3 is 2.59 bits per heavy atom. The molecule has 1 aliphatic heterocycles. The first kappa shape index (κ1) is 25.1. The number of carbonyl (C=O) groups is 2. The Hall–Kier alpha value is -3.51. The zero-order chi connectivity index (χ0) is 24.9. The van der Waals surface area contributed by atoms with E-state index < -0.39 is 23.5 Å². The number of benzene rings is 1. The molecule has 1 heterocycles. The molecule has 2 atom stereocenters. The van der Waals surface area contributed by atoms with Gasteiger partial charge in [-0.2, -0.15) is 5.26 Å². The van der Waals surface area contributed by atoms with Gasteiger partial charge in [0.1, 0.15) is 12.0 Å². The number of rotatable bonds is 9. The first-order valence-electron chi connectivity index (χ1n) is 11.3. The summed E-state index contributed by atoms with van der Waals surface area (Å²) in [6.45, 7) is 7.08. The topological polar surface area (TPSA) is 135 Å². The molecule has 1 aliphatic carbocycles. The van der Waals surface area contributed by atoms with Crippen LogP contribution in [0.15, 0.2) is 42.6 Å². The average Bonchev–Trinajstić information content (AvgIpc) is 3.62. The van der Waals surface area contributed by atoms with E-state index in [9.17, 15) is 14.9 Å². The molecule has 0 spiro atoms. The number of amides is 2. The van der Waals surface area contributed by atoms with Crippen LogP contribution in [-0.2, 0) is 16.1 Å². The fourth-order valence-corrected chi connectivity index (χ4v) is 3.98. The van der Waals surface area contributed by atoms with Crippen molar-refractivity contribution in [1.82, 2.24) is 15.5 Å². The maximum absolute atomic E-state index is 15.5. The van der Waals surface area contributed by atoms with E-state index in [1.807, 2.05) is 42.2 Å². The first-order chi connectivity index (χ1) is 16.1. The Kier molecular flexibility index (Phi) is 7.84. The van der Waals surface area contributed by atoms with Crippen molar-refractivity contribution in [3.63, 3.8) is 0 Å². The number of nitrogens with two attached hydrogens (primary N) is 1. The van der Waals surface area contributed by atoms with Crippen LogP contribution in [0.5, 0.6) is 0 Å². The van der Waals surface area contributed by atoms with Crippen LogP contribution in [0.2, 0.25) is 0 Å². The molecule has 0 bridgehead atoms. The number of nitriles is 1. The van der Waals surface area contributed by atoms with Crippen LogP contribution in [0.1, 0.15) is 43.7 Å². The fourth-order valence-electron chi connectivity index (χ4n) is 3.98. The highest BCUT2D eigenvalue weighted by Gasteiger charge is 2.43. The Morgan fingerprint density at radius 2 is 2.06 bits per heavy atom. The Labute approximate surface area is 199 Å². The Bertz CT molecular complexity index is 1040. The molecule has 3 rings (SSSR count). The highest BCUT2D eigenvalue weighted by molar-refractivity contribution is 6.22. The summed E-state index contributed by atoms with van der Waals surface area (Å²) < 4.78 is 15.5. The van der Waals surface area contributed by atoms with Gasteiger partial charge in [0.15, 0.2) is 0 Å². The monoisotopic (exact) mass is 466 g/mol. The van der Waals surface area contributed by atoms with Gasteiger partial charge in [-0.25, -0.2) is 4.39 Å². The molecule has 2 unspecified atom stereocenters. The molecule has 8 nitrogen and oxygen atoms in total. The van der Waals surface area contributed by atoms with Crippen LogP contribution >= 0.6 is 0 Å². The van der Waals surface area contributed by atoms with Crippen molar-refractivity contribution >= 4 is 23.2 Å². The summed E-state index contributed by atoms with van der Waals surface area (Å²) in [5.74, 6) is -1.84. The number of amidine groups is 1. The van der Waals surface area contributed by atoms with Gasteiger partial charge in [-0.15, -0.1) is 0 Å². The van der Waals surface area contributed by atoms with Crippen LogP contribution in [0.4, 0.5) is 4.39 Å². The van der Waals surface area contributed by atoms with Crippen molar-refractivity contribution in [2.75, 3.05) is 13.1 Å². The third-order valence-electron chi connectivity index (χ3n) is 6.37. The summed E-state index contributed by atoms with van der Waals surface area (Å²) in [5, 5.41) is 22.7. The molecular formula is C25H31FN6O2. The van der Waals surface area contributed by atoms with Gasteiger partial charge in [-0.1, -0.05) is 36.4 Å². The minimum Gasteiger partial charge on any atom is -0.381 e. The molecule has 2 aliphatic rings. The molecule has 1 saturated carbocycles. The molecule has 180 valence electrons. The number of piperidine rings is 1. The van der Waals surface area contributed by atoms with Gasteiger partial charge in [-0.3, -0.25) is 19.9 Å². The lowest BCUT2D eigenvalue weighted by molar-refractivity contribution is -0.120. The quantitative estimate of drug-likeness (QED) is 0.252. The number of halogens is 1. The van der Waals surface area contributed by atoms with Crippen LogP contribution in [0.25, 0.3) is 5.57 Å². The first-order valence-corrected chi connectivity index (χ1v) is 11.3. The predicted octanol–water partition coefficient (Wildman–Crippen LogP) is 2.38. The summed E-state index contributed by atoms with van der Waals surface area (Å²) in [6.07, 6.45) is 1.44. The van der Waals surface area contributed by atoms with E-state index in [1.165, 1.54) is 0 Å². The second kappa shape index (κ2) is 10.6. The van der Waals surface area contributed by atoms with Crippen LogP contribution in [-0.4, -0.2) is 47.4 Å². The van der Waals surface area contributed by atoms with Gasteiger partial charge >= 0.3 is 0 Å². The van der Waals surface area contributed by atoms with Gasteiger partial charge in [0.25, 0.3) is 5.91 Å². The van der Waals surface area contributed by atoms with Crippen molar-refractivity contribution in [1.29, 1.82) is 10.7 Å². The fraction of sp³-hybridized carbons (Fsp3) is 0.440. The number of hydrogen-bond donors (Lipinski definition) is 4. The summed E-state index contributed by atoms with van der Waals surface area (Å²) >= 11 is 0. The molecule has 1 aromatic rings. The largest absolute Gasteiger partial charge is 0.381 e. The van der Waals surface area contributed by atoms with Crippen LogP contribution < -0.4 is 16.4 Å². The molecule has 0 aromatic heterocycles. The normalized spacial score (nSPS) is 23.0. The minimum absolute atomic E-state index is 0.104. The van der Waals surface area contributed by atoms with Crippen LogP contribution in [0, 0.1) is 22.7 Å². The number of likely N-dealkylation sites (tertiary alicyclic amines) is 1. The molecule has 0 radical (unpaired) electrons. The number of nitrogens with zero attached hydrogens (tertiary/aromatic N) is 2. The van der Waals surface area contributed by atoms with Crippen LogP contribution in [0.3, 0.4) is 0 Å². The lowest BCUT2D eigenvalue weighted by Gasteiger charge is -2.43. The van der Waals surface area contributed by atoms with Crippen molar-refractivity contribution in [2.45, 2.75) is 50.9 Å². The number of allylic oxidation sites excluding steroid dienone is 1. The maximum Gasteiger partial charge on any atom is 0.253 e. The lowest BCUT2D eigenvalue weighted by atomic mass is 9.83. The minimum atomic E-state index is -1.41. The Morgan fingerprint density at radius 1 is 1.38 bits per heavy atom.